The molecule has 0 amide bonds. The number of para-hydroxylation sites is 1. The van der Waals surface area contributed by atoms with Crippen molar-refractivity contribution in [2.75, 3.05) is 0 Å². The molecule has 0 fully saturated rings. The minimum Gasteiger partial charge on any atom is -0.464 e. The van der Waals surface area contributed by atoms with Crippen LogP contribution in [0.25, 0.3) is 90.4 Å². The average Bonchev–Trinajstić information content (AvgIpc) is 3.83. The molecule has 0 aliphatic heterocycles. The Morgan fingerprint density at radius 2 is 0.662 bits per heavy atom. The van der Waals surface area contributed by atoms with Crippen molar-refractivity contribution < 1.29 is 4.42 Å². The van der Waals surface area contributed by atoms with Crippen LogP contribution in [0.1, 0.15) is 45.2 Å². The Morgan fingerprint density at radius 1 is 0.277 bits per heavy atom. The quantitative estimate of drug-likeness (QED) is 0.158. The third kappa shape index (κ3) is 6.20. The van der Waals surface area contributed by atoms with Gasteiger partial charge in [-0.2, -0.15) is 0 Å². The van der Waals surface area contributed by atoms with Crippen LogP contribution in [0.2, 0.25) is 0 Å². The lowest BCUT2D eigenvalue weighted by Gasteiger charge is -2.42. The van der Waals surface area contributed by atoms with Crippen molar-refractivity contribution in [2.24, 2.45) is 0 Å². The molecule has 3 aromatic heterocycles. The van der Waals surface area contributed by atoms with Gasteiger partial charge < -0.3 is 4.42 Å². The molecule has 7 heteroatoms. The fraction of sp³-hybridized carbons (Fsp3) is 0.0345. The van der Waals surface area contributed by atoms with Gasteiger partial charge in [0.05, 0.1) is 6.26 Å². The second-order valence-corrected chi connectivity index (χ2v) is 16.6. The standard InChI is InChI=1S/C58H36N6O/c1-4-16-35(17-5-1)53-59-54(36-18-6-2-7-19-36)61-56(60-53)38-28-30-44-47(32-38)51-42-24-11-12-25-43(42)52(44)48-33-39(29-31-45(48)51)57-62-55(37-20-8-3-9-21-37)63-58(64-57)46-26-13-10-22-40(46)49-34-65-50-27-15-14-23-41(49)50/h1-34,51-52H. The second-order valence-electron chi connectivity index (χ2n) is 16.6. The Kier molecular flexibility index (Phi) is 8.52. The average molecular weight is 833 g/mol. The van der Waals surface area contributed by atoms with E-state index in [-0.39, 0.29) is 11.8 Å². The first-order chi connectivity index (χ1) is 32.2. The first-order valence-electron chi connectivity index (χ1n) is 21.8. The lowest BCUT2D eigenvalue weighted by molar-refractivity contribution is 0.617. The van der Waals surface area contributed by atoms with Crippen molar-refractivity contribution in [1.82, 2.24) is 29.9 Å². The van der Waals surface area contributed by atoms with Gasteiger partial charge in [-0.05, 0) is 57.1 Å². The number of hydrogen-bond acceptors (Lipinski definition) is 7. The fourth-order valence-electron chi connectivity index (χ4n) is 9.87. The van der Waals surface area contributed by atoms with Gasteiger partial charge in [0.25, 0.3) is 0 Å². The van der Waals surface area contributed by atoms with Gasteiger partial charge in [0, 0.05) is 56.2 Å². The van der Waals surface area contributed by atoms with E-state index in [0.717, 1.165) is 55.5 Å². The molecule has 2 bridgehead atoms. The highest BCUT2D eigenvalue weighted by atomic mass is 16.3. The second kappa shape index (κ2) is 15.0. The topological polar surface area (TPSA) is 90.5 Å². The molecule has 8 aromatic carbocycles. The third-order valence-corrected chi connectivity index (χ3v) is 12.9. The Balaban J connectivity index is 0.945. The summed E-state index contributed by atoms with van der Waals surface area (Å²) in [5.41, 5.74) is 16.2. The maximum atomic E-state index is 6.02. The van der Waals surface area contributed by atoms with E-state index in [4.69, 9.17) is 34.3 Å². The largest absolute Gasteiger partial charge is 0.464 e. The summed E-state index contributed by atoms with van der Waals surface area (Å²) in [6.45, 7) is 0. The van der Waals surface area contributed by atoms with Crippen LogP contribution in [0.3, 0.4) is 0 Å². The summed E-state index contributed by atoms with van der Waals surface area (Å²) in [5, 5.41) is 1.04. The molecule has 3 aliphatic carbocycles. The van der Waals surface area contributed by atoms with Crippen molar-refractivity contribution in [1.29, 1.82) is 0 Å². The molecule has 0 N–H and O–H groups in total. The summed E-state index contributed by atoms with van der Waals surface area (Å²) in [7, 11) is 0. The lowest BCUT2D eigenvalue weighted by atomic mass is 9.61. The number of hydrogen-bond donors (Lipinski definition) is 0. The van der Waals surface area contributed by atoms with Crippen LogP contribution >= 0.6 is 0 Å². The van der Waals surface area contributed by atoms with Crippen LogP contribution in [0.15, 0.2) is 211 Å². The van der Waals surface area contributed by atoms with Crippen LogP contribution in [0.4, 0.5) is 0 Å². The molecule has 3 heterocycles. The van der Waals surface area contributed by atoms with Crippen molar-refractivity contribution in [3.8, 4) is 79.5 Å². The van der Waals surface area contributed by atoms with E-state index < -0.39 is 0 Å². The summed E-state index contributed by atoms with van der Waals surface area (Å²) in [6.07, 6.45) is 1.83. The van der Waals surface area contributed by atoms with Crippen LogP contribution in [0.5, 0.6) is 0 Å². The summed E-state index contributed by atoms with van der Waals surface area (Å²) < 4.78 is 6.02. The van der Waals surface area contributed by atoms with Crippen molar-refractivity contribution >= 4 is 11.0 Å². The third-order valence-electron chi connectivity index (χ3n) is 12.9. The molecule has 3 aliphatic rings. The summed E-state index contributed by atoms with van der Waals surface area (Å²) >= 11 is 0. The van der Waals surface area contributed by atoms with Gasteiger partial charge in [-0.25, -0.2) is 29.9 Å². The zero-order valence-corrected chi connectivity index (χ0v) is 34.9. The SMILES string of the molecule is c1ccc(-c2nc(-c3ccccc3)nc(-c3ccc4c(c3)C3c5ccccc5C4c4cc(-c5nc(-c6ccccc6)nc(-c6ccccc6-c6coc7ccccc67)n5)ccc43)n2)cc1. The molecule has 2 unspecified atom stereocenters. The molecule has 0 radical (unpaired) electrons. The first-order valence-corrected chi connectivity index (χ1v) is 21.8. The van der Waals surface area contributed by atoms with E-state index in [1.165, 1.54) is 33.4 Å². The molecule has 304 valence electrons. The maximum Gasteiger partial charge on any atom is 0.164 e. The summed E-state index contributed by atoms with van der Waals surface area (Å²) in [6, 6.07) is 69.2. The molecular formula is C58H36N6O. The van der Waals surface area contributed by atoms with E-state index >= 15 is 0 Å². The van der Waals surface area contributed by atoms with Crippen molar-refractivity contribution in [3.63, 3.8) is 0 Å². The van der Waals surface area contributed by atoms with E-state index in [0.29, 0.717) is 34.9 Å². The molecule has 0 spiro atoms. The van der Waals surface area contributed by atoms with Gasteiger partial charge in [-0.1, -0.05) is 182 Å². The molecule has 0 saturated carbocycles. The molecule has 14 rings (SSSR count). The number of furan rings is 1. The number of nitrogens with zero attached hydrogens (tertiary/aromatic N) is 6. The minimum absolute atomic E-state index is 0.0123. The van der Waals surface area contributed by atoms with Crippen LogP contribution in [0, 0.1) is 0 Å². The van der Waals surface area contributed by atoms with E-state index in [1.807, 2.05) is 128 Å². The minimum atomic E-state index is 0.0123. The highest BCUT2D eigenvalue weighted by Crippen LogP contribution is 2.56. The molecule has 7 nitrogen and oxygen atoms in total. The van der Waals surface area contributed by atoms with Crippen LogP contribution < -0.4 is 0 Å². The number of fused-ring (bicyclic) bond motifs is 1. The van der Waals surface area contributed by atoms with E-state index in [9.17, 15) is 0 Å². The zero-order valence-electron chi connectivity index (χ0n) is 34.9. The molecule has 65 heavy (non-hydrogen) atoms. The smallest absolute Gasteiger partial charge is 0.164 e. The maximum absolute atomic E-state index is 6.02. The molecular weight excluding hydrogens is 797 g/mol. The Bertz CT molecular complexity index is 3570. The number of rotatable bonds is 7. The summed E-state index contributed by atoms with van der Waals surface area (Å²) in [4.78, 5) is 30.7. The molecule has 11 aromatic rings. The predicted molar refractivity (Wildman–Crippen MR) is 256 cm³/mol. The highest BCUT2D eigenvalue weighted by molar-refractivity contribution is 5.98. The van der Waals surface area contributed by atoms with Crippen molar-refractivity contribution in [2.45, 2.75) is 11.8 Å². The molecule has 2 atom stereocenters. The van der Waals surface area contributed by atoms with Crippen LogP contribution in [-0.4, -0.2) is 29.9 Å². The number of aromatic nitrogens is 6. The van der Waals surface area contributed by atoms with Crippen LogP contribution in [-0.2, 0) is 0 Å². The summed E-state index contributed by atoms with van der Waals surface area (Å²) in [5.74, 6) is 3.80. The van der Waals surface area contributed by atoms with Gasteiger partial charge in [-0.15, -0.1) is 0 Å². The van der Waals surface area contributed by atoms with E-state index in [2.05, 4.69) is 78.9 Å². The van der Waals surface area contributed by atoms with Gasteiger partial charge in [-0.3, -0.25) is 0 Å². The monoisotopic (exact) mass is 832 g/mol. The Hall–Kier alpha value is -8.68. The highest BCUT2D eigenvalue weighted by Gasteiger charge is 2.41. The predicted octanol–water partition coefficient (Wildman–Crippen LogP) is 13.5. The van der Waals surface area contributed by atoms with Gasteiger partial charge in [0.2, 0.25) is 0 Å². The van der Waals surface area contributed by atoms with Gasteiger partial charge in [0.1, 0.15) is 5.58 Å². The zero-order chi connectivity index (χ0) is 42.8. The molecule has 0 saturated heterocycles. The fourth-order valence-corrected chi connectivity index (χ4v) is 9.87. The lowest BCUT2D eigenvalue weighted by Crippen LogP contribution is -2.27. The van der Waals surface area contributed by atoms with E-state index in [1.54, 1.807) is 0 Å². The Labute approximate surface area is 374 Å². The first kappa shape index (κ1) is 36.9. The Morgan fingerprint density at radius 3 is 1.17 bits per heavy atom. The normalized spacial score (nSPS) is 14.5. The van der Waals surface area contributed by atoms with Gasteiger partial charge >= 0.3 is 0 Å². The van der Waals surface area contributed by atoms with Gasteiger partial charge in [0.15, 0.2) is 34.9 Å². The van der Waals surface area contributed by atoms with Crippen molar-refractivity contribution in [3.05, 3.63) is 240 Å². The number of benzene rings is 8.